The highest BCUT2D eigenvalue weighted by Crippen LogP contribution is 2.24. The van der Waals surface area contributed by atoms with Crippen molar-refractivity contribution in [3.05, 3.63) is 69.2 Å². The van der Waals surface area contributed by atoms with Gasteiger partial charge in [-0.2, -0.15) is 0 Å². The van der Waals surface area contributed by atoms with Crippen LogP contribution in [-0.2, 0) is 6.54 Å². The molecule has 0 unspecified atom stereocenters. The third-order valence-corrected chi connectivity index (χ3v) is 4.44. The van der Waals surface area contributed by atoms with E-state index in [1.165, 1.54) is 4.90 Å². The van der Waals surface area contributed by atoms with Gasteiger partial charge < -0.3 is 0 Å². The van der Waals surface area contributed by atoms with Gasteiger partial charge in [0.1, 0.15) is 0 Å². The zero-order valence-electron chi connectivity index (χ0n) is 12.4. The van der Waals surface area contributed by atoms with Gasteiger partial charge >= 0.3 is 0 Å². The molecule has 0 saturated heterocycles. The van der Waals surface area contributed by atoms with Gasteiger partial charge in [-0.3, -0.25) is 19.4 Å². The van der Waals surface area contributed by atoms with E-state index in [0.717, 1.165) is 5.56 Å². The number of rotatable bonds is 4. The van der Waals surface area contributed by atoms with E-state index in [-0.39, 0.29) is 18.5 Å². The van der Waals surface area contributed by atoms with Gasteiger partial charge in [0.05, 0.1) is 27.8 Å². The number of hydrogen-bond acceptors (Lipinski definition) is 3. The zero-order valence-corrected chi connectivity index (χ0v) is 13.9. The summed E-state index contributed by atoms with van der Waals surface area (Å²) >= 11 is 11.9. The van der Waals surface area contributed by atoms with E-state index >= 15 is 0 Å². The molecule has 4 nitrogen and oxygen atoms in total. The Labute approximate surface area is 144 Å². The highest BCUT2D eigenvalue weighted by atomic mass is 35.5. The molecule has 0 aliphatic carbocycles. The summed E-state index contributed by atoms with van der Waals surface area (Å²) in [6.07, 6.45) is 0. The minimum atomic E-state index is -0.258. The fourth-order valence-corrected chi connectivity index (χ4v) is 2.93. The van der Waals surface area contributed by atoms with Crippen LogP contribution in [0, 0.1) is 0 Å². The number of imide groups is 1. The SMILES string of the molecule is CN(Cc1ccc(Cl)c(Cl)c1)CN1C(=O)c2ccccc2C1=O. The maximum atomic E-state index is 12.3. The lowest BCUT2D eigenvalue weighted by Gasteiger charge is -2.23. The number of carbonyl (C=O) groups is 2. The minimum absolute atomic E-state index is 0.215. The highest BCUT2D eigenvalue weighted by molar-refractivity contribution is 6.42. The zero-order chi connectivity index (χ0) is 16.6. The second-order valence-electron chi connectivity index (χ2n) is 5.49. The molecule has 6 heteroatoms. The predicted molar refractivity (Wildman–Crippen MR) is 89.7 cm³/mol. The number of carbonyl (C=O) groups excluding carboxylic acids is 2. The summed E-state index contributed by atoms with van der Waals surface area (Å²) in [6, 6.07) is 12.2. The molecule has 2 amide bonds. The van der Waals surface area contributed by atoms with Crippen LogP contribution in [0.2, 0.25) is 10.0 Å². The van der Waals surface area contributed by atoms with E-state index in [9.17, 15) is 9.59 Å². The van der Waals surface area contributed by atoms with Gasteiger partial charge in [0.25, 0.3) is 11.8 Å². The standard InChI is InChI=1S/C17H14Cl2N2O2/c1-20(9-11-6-7-14(18)15(19)8-11)10-21-16(22)12-4-2-3-5-13(12)17(21)23/h2-8H,9-10H2,1H3. The van der Waals surface area contributed by atoms with Crippen LogP contribution in [0.15, 0.2) is 42.5 Å². The van der Waals surface area contributed by atoms with Crippen molar-refractivity contribution in [2.75, 3.05) is 13.7 Å². The van der Waals surface area contributed by atoms with Crippen LogP contribution in [0.4, 0.5) is 0 Å². The predicted octanol–water partition coefficient (Wildman–Crippen LogP) is 3.68. The summed E-state index contributed by atoms with van der Waals surface area (Å²) < 4.78 is 0. The second-order valence-corrected chi connectivity index (χ2v) is 6.30. The average molecular weight is 349 g/mol. The lowest BCUT2D eigenvalue weighted by Crippen LogP contribution is -2.39. The van der Waals surface area contributed by atoms with E-state index in [0.29, 0.717) is 27.7 Å². The van der Waals surface area contributed by atoms with Crippen molar-refractivity contribution < 1.29 is 9.59 Å². The van der Waals surface area contributed by atoms with Crippen molar-refractivity contribution in [1.29, 1.82) is 0 Å². The van der Waals surface area contributed by atoms with Crippen molar-refractivity contribution in [3.8, 4) is 0 Å². The normalized spacial score (nSPS) is 13.8. The Morgan fingerprint density at radius 3 is 2.13 bits per heavy atom. The molecule has 2 aromatic carbocycles. The third-order valence-electron chi connectivity index (χ3n) is 3.70. The van der Waals surface area contributed by atoms with Crippen LogP contribution in [0.25, 0.3) is 0 Å². The second kappa shape index (κ2) is 6.32. The quantitative estimate of drug-likeness (QED) is 0.791. The van der Waals surface area contributed by atoms with E-state index in [1.807, 2.05) is 18.0 Å². The molecule has 2 aromatic rings. The van der Waals surface area contributed by atoms with Crippen molar-refractivity contribution in [2.24, 2.45) is 0 Å². The Balaban J connectivity index is 1.71. The van der Waals surface area contributed by atoms with Crippen molar-refractivity contribution in [3.63, 3.8) is 0 Å². The minimum Gasteiger partial charge on any atom is -0.284 e. The van der Waals surface area contributed by atoms with Crippen LogP contribution in [0.5, 0.6) is 0 Å². The topological polar surface area (TPSA) is 40.6 Å². The van der Waals surface area contributed by atoms with Gasteiger partial charge in [0.15, 0.2) is 0 Å². The molecule has 0 spiro atoms. The monoisotopic (exact) mass is 348 g/mol. The molecule has 1 heterocycles. The molecule has 0 fully saturated rings. The Hall–Kier alpha value is -1.88. The van der Waals surface area contributed by atoms with E-state index in [2.05, 4.69) is 0 Å². The number of benzene rings is 2. The third kappa shape index (κ3) is 3.11. The van der Waals surface area contributed by atoms with Gasteiger partial charge in [-0.05, 0) is 36.9 Å². The van der Waals surface area contributed by atoms with Crippen LogP contribution in [0.1, 0.15) is 26.3 Å². The first-order chi connectivity index (χ1) is 11.0. The summed E-state index contributed by atoms with van der Waals surface area (Å²) in [5, 5.41) is 0.983. The molecular weight excluding hydrogens is 335 g/mol. The lowest BCUT2D eigenvalue weighted by atomic mass is 10.1. The number of fused-ring (bicyclic) bond motifs is 1. The number of amides is 2. The summed E-state index contributed by atoms with van der Waals surface area (Å²) in [6.45, 7) is 0.761. The largest absolute Gasteiger partial charge is 0.284 e. The molecule has 0 N–H and O–H groups in total. The lowest BCUT2D eigenvalue weighted by molar-refractivity contribution is 0.0559. The van der Waals surface area contributed by atoms with Gasteiger partial charge in [-0.15, -0.1) is 0 Å². The molecule has 1 aliphatic rings. The highest BCUT2D eigenvalue weighted by Gasteiger charge is 2.35. The van der Waals surface area contributed by atoms with Crippen molar-refractivity contribution in [1.82, 2.24) is 9.80 Å². The van der Waals surface area contributed by atoms with Gasteiger partial charge in [-0.1, -0.05) is 41.4 Å². The molecule has 0 aromatic heterocycles. The molecule has 0 radical (unpaired) electrons. The first-order valence-corrected chi connectivity index (χ1v) is 7.80. The molecule has 118 valence electrons. The van der Waals surface area contributed by atoms with Crippen LogP contribution in [0.3, 0.4) is 0 Å². The molecular formula is C17H14Cl2N2O2. The molecule has 0 saturated carbocycles. The van der Waals surface area contributed by atoms with E-state index in [1.54, 1.807) is 36.4 Å². The Morgan fingerprint density at radius 1 is 0.957 bits per heavy atom. The number of nitrogens with zero attached hydrogens (tertiary/aromatic N) is 2. The summed E-state index contributed by atoms with van der Waals surface area (Å²) in [5.41, 5.74) is 1.87. The fraction of sp³-hybridized carbons (Fsp3) is 0.176. The average Bonchev–Trinajstić information content (AvgIpc) is 2.76. The Bertz CT molecular complexity index is 757. The molecule has 0 bridgehead atoms. The Morgan fingerprint density at radius 2 is 1.57 bits per heavy atom. The van der Waals surface area contributed by atoms with E-state index in [4.69, 9.17) is 23.2 Å². The van der Waals surface area contributed by atoms with Gasteiger partial charge in [0, 0.05) is 6.54 Å². The summed E-state index contributed by atoms with van der Waals surface area (Å²) in [7, 11) is 1.84. The van der Waals surface area contributed by atoms with Gasteiger partial charge in [0.2, 0.25) is 0 Å². The summed E-state index contributed by atoms with van der Waals surface area (Å²) in [4.78, 5) is 27.8. The molecule has 23 heavy (non-hydrogen) atoms. The first-order valence-electron chi connectivity index (χ1n) is 7.05. The van der Waals surface area contributed by atoms with Crippen LogP contribution >= 0.6 is 23.2 Å². The molecule has 3 rings (SSSR count). The van der Waals surface area contributed by atoms with Crippen molar-refractivity contribution >= 4 is 35.0 Å². The van der Waals surface area contributed by atoms with Crippen molar-refractivity contribution in [2.45, 2.75) is 6.54 Å². The maximum absolute atomic E-state index is 12.3. The first kappa shape index (κ1) is 16.0. The van der Waals surface area contributed by atoms with Crippen LogP contribution < -0.4 is 0 Å². The maximum Gasteiger partial charge on any atom is 0.262 e. The number of hydrogen-bond donors (Lipinski definition) is 0. The molecule has 0 atom stereocenters. The van der Waals surface area contributed by atoms with Gasteiger partial charge in [-0.25, -0.2) is 0 Å². The molecule has 1 aliphatic heterocycles. The van der Waals surface area contributed by atoms with Crippen LogP contribution in [-0.4, -0.2) is 35.3 Å². The fourth-order valence-electron chi connectivity index (χ4n) is 2.61. The smallest absolute Gasteiger partial charge is 0.262 e. The number of halogens is 2. The summed E-state index contributed by atoms with van der Waals surface area (Å²) in [5.74, 6) is -0.516. The Kier molecular flexibility index (Phi) is 4.39. The van der Waals surface area contributed by atoms with E-state index < -0.39 is 0 Å².